The lowest BCUT2D eigenvalue weighted by Gasteiger charge is -2.13. The van der Waals surface area contributed by atoms with Gasteiger partial charge < -0.3 is 19.5 Å². The Morgan fingerprint density at radius 2 is 1.61 bits per heavy atom. The number of para-hydroxylation sites is 1. The molecule has 0 saturated carbocycles. The summed E-state index contributed by atoms with van der Waals surface area (Å²) in [5, 5.41) is 3.35. The van der Waals surface area contributed by atoms with Crippen molar-refractivity contribution in [2.75, 3.05) is 38.8 Å². The molecule has 0 bridgehead atoms. The minimum absolute atomic E-state index is 0.551. The van der Waals surface area contributed by atoms with Gasteiger partial charge in [-0.1, -0.05) is 24.3 Å². The largest absolute Gasteiger partial charge is 0.491 e. The van der Waals surface area contributed by atoms with E-state index in [1.165, 1.54) is 11.1 Å². The van der Waals surface area contributed by atoms with Crippen molar-refractivity contribution in [1.82, 2.24) is 0 Å². The maximum atomic E-state index is 5.89. The Labute approximate surface area is 138 Å². The first-order chi connectivity index (χ1) is 11.2. The van der Waals surface area contributed by atoms with Gasteiger partial charge in [0, 0.05) is 25.4 Å². The molecule has 0 heterocycles. The SMILES string of the molecule is COCCOc1cccc(NCCOc2c(C)cccc2C)c1. The third-order valence-electron chi connectivity index (χ3n) is 3.48. The number of nitrogens with one attached hydrogen (secondary N) is 1. The number of methoxy groups -OCH3 is 1. The molecule has 0 aromatic heterocycles. The molecule has 0 atom stereocenters. The summed E-state index contributed by atoms with van der Waals surface area (Å²) in [5.74, 6) is 1.81. The molecule has 1 N–H and O–H groups in total. The van der Waals surface area contributed by atoms with Crippen LogP contribution in [0.3, 0.4) is 0 Å². The number of aryl methyl sites for hydroxylation is 2. The van der Waals surface area contributed by atoms with Crippen LogP contribution in [0.4, 0.5) is 5.69 Å². The van der Waals surface area contributed by atoms with Gasteiger partial charge in [-0.15, -0.1) is 0 Å². The number of ether oxygens (including phenoxy) is 3. The van der Waals surface area contributed by atoms with E-state index in [-0.39, 0.29) is 0 Å². The maximum Gasteiger partial charge on any atom is 0.125 e. The Kier molecular flexibility index (Phi) is 6.76. The Bertz CT molecular complexity index is 593. The molecular formula is C19H25NO3. The fraction of sp³-hybridized carbons (Fsp3) is 0.368. The molecule has 2 rings (SSSR count). The molecule has 0 radical (unpaired) electrons. The molecule has 0 aliphatic rings. The molecule has 4 nitrogen and oxygen atoms in total. The van der Waals surface area contributed by atoms with Gasteiger partial charge >= 0.3 is 0 Å². The quantitative estimate of drug-likeness (QED) is 0.714. The zero-order valence-electron chi connectivity index (χ0n) is 14.1. The van der Waals surface area contributed by atoms with E-state index < -0.39 is 0 Å². The summed E-state index contributed by atoms with van der Waals surface area (Å²) in [5.41, 5.74) is 3.35. The Morgan fingerprint density at radius 3 is 2.35 bits per heavy atom. The summed E-state index contributed by atoms with van der Waals surface area (Å²) in [6.07, 6.45) is 0. The van der Waals surface area contributed by atoms with Crippen LogP contribution in [0.5, 0.6) is 11.5 Å². The van der Waals surface area contributed by atoms with Gasteiger partial charge in [-0.2, -0.15) is 0 Å². The van der Waals surface area contributed by atoms with Gasteiger partial charge in [-0.05, 0) is 37.1 Å². The normalized spacial score (nSPS) is 10.4. The van der Waals surface area contributed by atoms with Crippen LogP contribution in [0.1, 0.15) is 11.1 Å². The summed E-state index contributed by atoms with van der Waals surface area (Å²) in [4.78, 5) is 0. The maximum absolute atomic E-state index is 5.89. The fourth-order valence-electron chi connectivity index (χ4n) is 2.31. The van der Waals surface area contributed by atoms with Crippen molar-refractivity contribution in [3.63, 3.8) is 0 Å². The van der Waals surface area contributed by atoms with E-state index in [0.29, 0.717) is 19.8 Å². The summed E-state index contributed by atoms with van der Waals surface area (Å²) in [6.45, 7) is 6.61. The highest BCUT2D eigenvalue weighted by Crippen LogP contribution is 2.22. The van der Waals surface area contributed by atoms with Crippen LogP contribution in [0, 0.1) is 13.8 Å². The molecule has 0 aliphatic carbocycles. The van der Waals surface area contributed by atoms with Crippen molar-refractivity contribution in [2.45, 2.75) is 13.8 Å². The summed E-state index contributed by atoms with van der Waals surface area (Å²) >= 11 is 0. The van der Waals surface area contributed by atoms with E-state index in [1.807, 2.05) is 30.3 Å². The first kappa shape index (κ1) is 17.2. The minimum atomic E-state index is 0.551. The van der Waals surface area contributed by atoms with Crippen LogP contribution in [0.15, 0.2) is 42.5 Å². The minimum Gasteiger partial charge on any atom is -0.491 e. The monoisotopic (exact) mass is 315 g/mol. The van der Waals surface area contributed by atoms with Gasteiger partial charge in [0.1, 0.15) is 24.7 Å². The van der Waals surface area contributed by atoms with Gasteiger partial charge in [0.2, 0.25) is 0 Å². The second-order valence-electron chi connectivity index (χ2n) is 5.37. The van der Waals surface area contributed by atoms with Crippen LogP contribution in [-0.2, 0) is 4.74 Å². The van der Waals surface area contributed by atoms with Crippen LogP contribution in [-0.4, -0.2) is 33.5 Å². The molecule has 0 aliphatic heterocycles. The molecule has 2 aromatic rings. The predicted octanol–water partition coefficient (Wildman–Crippen LogP) is 3.82. The molecule has 124 valence electrons. The van der Waals surface area contributed by atoms with E-state index >= 15 is 0 Å². The summed E-state index contributed by atoms with van der Waals surface area (Å²) < 4.78 is 16.5. The van der Waals surface area contributed by atoms with Crippen LogP contribution in [0.2, 0.25) is 0 Å². The van der Waals surface area contributed by atoms with Crippen molar-refractivity contribution in [1.29, 1.82) is 0 Å². The third-order valence-corrected chi connectivity index (χ3v) is 3.48. The number of hydrogen-bond donors (Lipinski definition) is 1. The second-order valence-corrected chi connectivity index (χ2v) is 5.37. The van der Waals surface area contributed by atoms with Crippen LogP contribution < -0.4 is 14.8 Å². The number of hydrogen-bond acceptors (Lipinski definition) is 4. The van der Waals surface area contributed by atoms with E-state index in [4.69, 9.17) is 14.2 Å². The molecular weight excluding hydrogens is 290 g/mol. The Balaban J connectivity index is 1.79. The average molecular weight is 315 g/mol. The van der Waals surface area contributed by atoms with E-state index in [9.17, 15) is 0 Å². The predicted molar refractivity (Wildman–Crippen MR) is 93.7 cm³/mol. The first-order valence-electron chi connectivity index (χ1n) is 7.85. The number of anilines is 1. The standard InChI is InChI=1S/C19H25NO3/c1-15-6-4-7-16(2)19(15)23-11-10-20-17-8-5-9-18(14-17)22-13-12-21-3/h4-9,14,20H,10-13H2,1-3H3. The highest BCUT2D eigenvalue weighted by Gasteiger charge is 2.03. The molecule has 0 spiro atoms. The zero-order valence-corrected chi connectivity index (χ0v) is 14.1. The first-order valence-corrected chi connectivity index (χ1v) is 7.85. The topological polar surface area (TPSA) is 39.7 Å². The smallest absolute Gasteiger partial charge is 0.125 e. The lowest BCUT2D eigenvalue weighted by molar-refractivity contribution is 0.146. The lowest BCUT2D eigenvalue weighted by atomic mass is 10.1. The highest BCUT2D eigenvalue weighted by atomic mass is 16.5. The molecule has 4 heteroatoms. The molecule has 23 heavy (non-hydrogen) atoms. The van der Waals surface area contributed by atoms with E-state index in [1.54, 1.807) is 7.11 Å². The molecule has 0 saturated heterocycles. The Hall–Kier alpha value is -2.20. The van der Waals surface area contributed by atoms with Gasteiger partial charge in [0.15, 0.2) is 0 Å². The molecule has 0 fully saturated rings. The fourth-order valence-corrected chi connectivity index (χ4v) is 2.31. The van der Waals surface area contributed by atoms with Gasteiger partial charge in [0.05, 0.1) is 6.61 Å². The van der Waals surface area contributed by atoms with Crippen molar-refractivity contribution < 1.29 is 14.2 Å². The van der Waals surface area contributed by atoms with E-state index in [0.717, 1.165) is 23.7 Å². The number of benzene rings is 2. The van der Waals surface area contributed by atoms with Gasteiger partial charge in [-0.25, -0.2) is 0 Å². The van der Waals surface area contributed by atoms with Crippen LogP contribution >= 0.6 is 0 Å². The van der Waals surface area contributed by atoms with Gasteiger partial charge in [-0.3, -0.25) is 0 Å². The summed E-state index contributed by atoms with van der Waals surface area (Å²) in [7, 11) is 1.66. The van der Waals surface area contributed by atoms with Crippen LogP contribution in [0.25, 0.3) is 0 Å². The molecule has 0 amide bonds. The highest BCUT2D eigenvalue weighted by molar-refractivity contribution is 5.48. The lowest BCUT2D eigenvalue weighted by Crippen LogP contribution is -2.12. The van der Waals surface area contributed by atoms with Crippen molar-refractivity contribution in [2.24, 2.45) is 0 Å². The zero-order chi connectivity index (χ0) is 16.5. The second kappa shape index (κ2) is 9.06. The average Bonchev–Trinajstić information content (AvgIpc) is 2.54. The van der Waals surface area contributed by atoms with Gasteiger partial charge in [0.25, 0.3) is 0 Å². The van der Waals surface area contributed by atoms with Crippen molar-refractivity contribution in [3.8, 4) is 11.5 Å². The third kappa shape index (κ3) is 5.49. The van der Waals surface area contributed by atoms with Crippen molar-refractivity contribution >= 4 is 5.69 Å². The molecule has 2 aromatic carbocycles. The summed E-state index contributed by atoms with van der Waals surface area (Å²) in [6, 6.07) is 14.1. The Morgan fingerprint density at radius 1 is 0.870 bits per heavy atom. The molecule has 0 unspecified atom stereocenters. The number of rotatable bonds is 9. The van der Waals surface area contributed by atoms with E-state index in [2.05, 4.69) is 31.3 Å². The van der Waals surface area contributed by atoms with Crippen molar-refractivity contribution in [3.05, 3.63) is 53.6 Å².